The lowest BCUT2D eigenvalue weighted by Gasteiger charge is -2.08. The zero-order chi connectivity index (χ0) is 13.1. The van der Waals surface area contributed by atoms with Crippen molar-refractivity contribution in [3.05, 3.63) is 46.1 Å². The summed E-state index contributed by atoms with van der Waals surface area (Å²) >= 11 is 3.47. The first-order valence-corrected chi connectivity index (χ1v) is 6.09. The average molecular weight is 303 g/mol. The van der Waals surface area contributed by atoms with E-state index in [2.05, 4.69) is 26.2 Å². The van der Waals surface area contributed by atoms with Gasteiger partial charge in [-0.1, -0.05) is 22.0 Å². The van der Waals surface area contributed by atoms with Crippen molar-refractivity contribution in [2.45, 2.75) is 6.92 Å². The maximum absolute atomic E-state index is 8.86. The Morgan fingerprint density at radius 3 is 2.78 bits per heavy atom. The number of aryl methyl sites for hydroxylation is 1. The topological polar surface area (TPSA) is 74.7 Å². The molecule has 90 valence electrons. The Morgan fingerprint density at radius 2 is 2.11 bits per heavy atom. The number of nitrogens with two attached hydrogens (primary N) is 1. The number of nitrogens with one attached hydrogen (secondary N) is 1. The molecule has 1 aromatic carbocycles. The van der Waals surface area contributed by atoms with Gasteiger partial charge in [-0.3, -0.25) is 0 Å². The highest BCUT2D eigenvalue weighted by Gasteiger charge is 2.03. The van der Waals surface area contributed by atoms with Crippen molar-refractivity contribution in [2.24, 2.45) is 0 Å². The predicted octanol–water partition coefficient (Wildman–Crippen LogP) is 3.35. The van der Waals surface area contributed by atoms with Crippen LogP contribution in [-0.2, 0) is 0 Å². The van der Waals surface area contributed by atoms with E-state index in [0.29, 0.717) is 11.5 Å². The summed E-state index contributed by atoms with van der Waals surface area (Å²) in [6.07, 6.45) is 0. The largest absolute Gasteiger partial charge is 0.396 e. The zero-order valence-corrected chi connectivity index (χ0v) is 11.3. The average Bonchev–Trinajstić information content (AvgIpc) is 2.36. The fourth-order valence-corrected chi connectivity index (χ4v) is 1.83. The minimum absolute atomic E-state index is 0.228. The molecule has 0 amide bonds. The van der Waals surface area contributed by atoms with Crippen LogP contribution in [0.1, 0.15) is 11.3 Å². The number of anilines is 3. The van der Waals surface area contributed by atoms with Gasteiger partial charge in [-0.05, 0) is 36.8 Å². The van der Waals surface area contributed by atoms with E-state index in [-0.39, 0.29) is 5.69 Å². The van der Waals surface area contributed by atoms with Crippen LogP contribution in [0.2, 0.25) is 0 Å². The van der Waals surface area contributed by atoms with Crippen LogP contribution < -0.4 is 11.1 Å². The van der Waals surface area contributed by atoms with E-state index < -0.39 is 0 Å². The van der Waals surface area contributed by atoms with Crippen LogP contribution in [0.3, 0.4) is 0 Å². The second-order valence-corrected chi connectivity index (χ2v) is 4.69. The lowest BCUT2D eigenvalue weighted by atomic mass is 10.2. The molecule has 1 aromatic heterocycles. The third-order valence-electron chi connectivity index (χ3n) is 2.48. The number of nitriles is 1. The standard InChI is InChI=1S/C13H11BrN4/c1-8-2-3-9(6-10(8)14)17-13-5-4-11(16)12(7-15)18-13/h2-6H,16H2,1H3,(H,17,18). The van der Waals surface area contributed by atoms with Crippen LogP contribution in [0.25, 0.3) is 0 Å². The van der Waals surface area contributed by atoms with E-state index in [9.17, 15) is 0 Å². The Kier molecular flexibility index (Phi) is 3.49. The van der Waals surface area contributed by atoms with E-state index in [1.807, 2.05) is 31.2 Å². The van der Waals surface area contributed by atoms with Crippen molar-refractivity contribution in [1.82, 2.24) is 4.98 Å². The number of hydrogen-bond acceptors (Lipinski definition) is 4. The molecule has 2 aromatic rings. The first kappa shape index (κ1) is 12.4. The van der Waals surface area contributed by atoms with Crippen LogP contribution in [0.4, 0.5) is 17.2 Å². The Labute approximate surface area is 114 Å². The maximum Gasteiger partial charge on any atom is 0.165 e. The molecule has 18 heavy (non-hydrogen) atoms. The Hall–Kier alpha value is -2.06. The molecule has 0 radical (unpaired) electrons. The summed E-state index contributed by atoms with van der Waals surface area (Å²) in [5.41, 5.74) is 8.28. The number of aromatic nitrogens is 1. The molecule has 0 saturated heterocycles. The predicted molar refractivity (Wildman–Crippen MR) is 75.5 cm³/mol. The van der Waals surface area contributed by atoms with Gasteiger partial charge in [0.2, 0.25) is 0 Å². The van der Waals surface area contributed by atoms with Gasteiger partial charge in [-0.25, -0.2) is 4.98 Å². The highest BCUT2D eigenvalue weighted by Crippen LogP contribution is 2.23. The molecule has 0 atom stereocenters. The molecule has 2 rings (SSSR count). The molecule has 0 spiro atoms. The lowest BCUT2D eigenvalue weighted by molar-refractivity contribution is 1.26. The SMILES string of the molecule is Cc1ccc(Nc2ccc(N)c(C#N)n2)cc1Br. The van der Waals surface area contributed by atoms with Gasteiger partial charge in [-0.2, -0.15) is 5.26 Å². The van der Waals surface area contributed by atoms with Gasteiger partial charge in [0.1, 0.15) is 11.9 Å². The molecule has 0 aliphatic carbocycles. The van der Waals surface area contributed by atoms with Crippen molar-refractivity contribution in [3.63, 3.8) is 0 Å². The Bertz CT molecular complexity index is 631. The smallest absolute Gasteiger partial charge is 0.165 e. The second kappa shape index (κ2) is 5.07. The van der Waals surface area contributed by atoms with E-state index in [4.69, 9.17) is 11.0 Å². The van der Waals surface area contributed by atoms with E-state index in [1.54, 1.807) is 12.1 Å². The molecule has 5 heteroatoms. The first-order chi connectivity index (χ1) is 8.60. The monoisotopic (exact) mass is 302 g/mol. The van der Waals surface area contributed by atoms with E-state index in [0.717, 1.165) is 15.7 Å². The number of nitrogen functional groups attached to an aromatic ring is 1. The van der Waals surface area contributed by atoms with E-state index in [1.165, 1.54) is 0 Å². The molecular weight excluding hydrogens is 292 g/mol. The third-order valence-corrected chi connectivity index (χ3v) is 3.33. The highest BCUT2D eigenvalue weighted by molar-refractivity contribution is 9.10. The molecule has 0 aliphatic rings. The quantitative estimate of drug-likeness (QED) is 0.892. The minimum atomic E-state index is 0.228. The van der Waals surface area contributed by atoms with Crippen LogP contribution in [0, 0.1) is 18.3 Å². The fourth-order valence-electron chi connectivity index (χ4n) is 1.45. The van der Waals surface area contributed by atoms with Gasteiger partial charge in [0.05, 0.1) is 5.69 Å². The van der Waals surface area contributed by atoms with Gasteiger partial charge in [0.15, 0.2) is 5.69 Å². The Morgan fingerprint density at radius 1 is 1.33 bits per heavy atom. The molecule has 0 aliphatic heterocycles. The van der Waals surface area contributed by atoms with Crippen LogP contribution >= 0.6 is 15.9 Å². The van der Waals surface area contributed by atoms with Gasteiger partial charge in [0, 0.05) is 10.2 Å². The Balaban J connectivity index is 2.29. The van der Waals surface area contributed by atoms with Gasteiger partial charge >= 0.3 is 0 Å². The maximum atomic E-state index is 8.86. The van der Waals surface area contributed by atoms with Crippen molar-refractivity contribution in [2.75, 3.05) is 11.1 Å². The van der Waals surface area contributed by atoms with Gasteiger partial charge in [-0.15, -0.1) is 0 Å². The minimum Gasteiger partial charge on any atom is -0.396 e. The molecule has 3 N–H and O–H groups in total. The first-order valence-electron chi connectivity index (χ1n) is 5.30. The molecular formula is C13H11BrN4. The molecule has 0 fully saturated rings. The van der Waals surface area contributed by atoms with Crippen molar-refractivity contribution < 1.29 is 0 Å². The zero-order valence-electron chi connectivity index (χ0n) is 9.74. The second-order valence-electron chi connectivity index (χ2n) is 3.84. The number of benzene rings is 1. The number of pyridine rings is 1. The van der Waals surface area contributed by atoms with Gasteiger partial charge < -0.3 is 11.1 Å². The van der Waals surface area contributed by atoms with Crippen LogP contribution in [-0.4, -0.2) is 4.98 Å². The molecule has 0 bridgehead atoms. The van der Waals surface area contributed by atoms with Crippen LogP contribution in [0.15, 0.2) is 34.8 Å². The lowest BCUT2D eigenvalue weighted by Crippen LogP contribution is -1.99. The van der Waals surface area contributed by atoms with Crippen LogP contribution in [0.5, 0.6) is 0 Å². The van der Waals surface area contributed by atoms with E-state index >= 15 is 0 Å². The number of nitrogens with zero attached hydrogens (tertiary/aromatic N) is 2. The summed E-state index contributed by atoms with van der Waals surface area (Å²) in [6, 6.07) is 11.3. The molecule has 4 nitrogen and oxygen atoms in total. The highest BCUT2D eigenvalue weighted by atomic mass is 79.9. The van der Waals surface area contributed by atoms with Crippen molar-refractivity contribution >= 4 is 33.1 Å². The summed E-state index contributed by atoms with van der Waals surface area (Å²) in [4.78, 5) is 4.13. The fraction of sp³-hybridized carbons (Fsp3) is 0.0769. The third kappa shape index (κ3) is 2.60. The molecule has 1 heterocycles. The summed E-state index contributed by atoms with van der Waals surface area (Å²) in [7, 11) is 0. The normalized spacial score (nSPS) is 9.83. The number of hydrogen-bond donors (Lipinski definition) is 2. The summed E-state index contributed by atoms with van der Waals surface area (Å²) < 4.78 is 1.02. The number of rotatable bonds is 2. The van der Waals surface area contributed by atoms with Crippen molar-refractivity contribution in [3.8, 4) is 6.07 Å². The summed E-state index contributed by atoms with van der Waals surface area (Å²) in [6.45, 7) is 2.02. The van der Waals surface area contributed by atoms with Crippen molar-refractivity contribution in [1.29, 1.82) is 5.26 Å². The summed E-state index contributed by atoms with van der Waals surface area (Å²) in [5, 5.41) is 12.0. The molecule has 0 saturated carbocycles. The number of halogens is 1. The van der Waals surface area contributed by atoms with Gasteiger partial charge in [0.25, 0.3) is 0 Å². The summed E-state index contributed by atoms with van der Waals surface area (Å²) in [5.74, 6) is 0.594. The molecule has 0 unspecified atom stereocenters.